The van der Waals surface area contributed by atoms with Crippen LogP contribution in [0.2, 0.25) is 0 Å². The summed E-state index contributed by atoms with van der Waals surface area (Å²) in [5.41, 5.74) is 0. The molecule has 1 aliphatic rings. The molecule has 0 aromatic carbocycles. The average Bonchev–Trinajstić information content (AvgIpc) is 2.83. The van der Waals surface area contributed by atoms with Crippen molar-refractivity contribution >= 4 is 5.96 Å². The predicted octanol–water partition coefficient (Wildman–Crippen LogP) is 2.93. The molecular weight excluding hydrogens is 310 g/mol. The zero-order valence-corrected chi connectivity index (χ0v) is 17.2. The number of unbranched alkanes of at least 4 members (excludes halogenated alkanes) is 6. The largest absolute Gasteiger partial charge is 0.356 e. The molecule has 0 bridgehead atoms. The molecular formula is C20H43N5. The maximum atomic E-state index is 4.33. The Hall–Kier alpha value is -0.810. The van der Waals surface area contributed by atoms with Crippen LogP contribution in [0.25, 0.3) is 0 Å². The van der Waals surface area contributed by atoms with Gasteiger partial charge in [0.1, 0.15) is 0 Å². The standard InChI is InChI=1S/C20H43N5/c1-4-5-6-7-8-9-10-13-22-20(21-2)23-14-11-16-25-17-12-15-24(3)18-19-25/h4-19H2,1-3H3,(H2,21,22,23). The molecule has 0 aromatic heterocycles. The van der Waals surface area contributed by atoms with Crippen LogP contribution in [0, 0.1) is 0 Å². The third-order valence-corrected chi connectivity index (χ3v) is 5.05. The Morgan fingerprint density at radius 3 is 2.24 bits per heavy atom. The molecule has 0 spiro atoms. The highest BCUT2D eigenvalue weighted by Crippen LogP contribution is 2.06. The highest BCUT2D eigenvalue weighted by molar-refractivity contribution is 5.79. The third kappa shape index (κ3) is 12.2. The van der Waals surface area contributed by atoms with Crippen LogP contribution in [0.15, 0.2) is 4.99 Å². The summed E-state index contributed by atoms with van der Waals surface area (Å²) in [5.74, 6) is 0.960. The molecule has 5 heteroatoms. The van der Waals surface area contributed by atoms with Gasteiger partial charge in [-0.3, -0.25) is 4.99 Å². The second kappa shape index (κ2) is 15.4. The van der Waals surface area contributed by atoms with E-state index in [9.17, 15) is 0 Å². The van der Waals surface area contributed by atoms with Gasteiger partial charge in [0.2, 0.25) is 0 Å². The summed E-state index contributed by atoms with van der Waals surface area (Å²) >= 11 is 0. The van der Waals surface area contributed by atoms with Crippen molar-refractivity contribution in [1.82, 2.24) is 20.4 Å². The van der Waals surface area contributed by atoms with Gasteiger partial charge in [0.05, 0.1) is 0 Å². The molecule has 0 aromatic rings. The number of rotatable bonds is 12. The maximum Gasteiger partial charge on any atom is 0.190 e. The van der Waals surface area contributed by atoms with Gasteiger partial charge < -0.3 is 20.4 Å². The number of likely N-dealkylation sites (N-methyl/N-ethyl adjacent to an activating group) is 1. The number of nitrogens with one attached hydrogen (secondary N) is 2. The van der Waals surface area contributed by atoms with Crippen LogP contribution < -0.4 is 10.6 Å². The fourth-order valence-corrected chi connectivity index (χ4v) is 3.34. The second-order valence-electron chi connectivity index (χ2n) is 7.40. The van der Waals surface area contributed by atoms with E-state index in [0.717, 1.165) is 19.0 Å². The van der Waals surface area contributed by atoms with Gasteiger partial charge in [-0.05, 0) is 45.9 Å². The monoisotopic (exact) mass is 353 g/mol. The van der Waals surface area contributed by atoms with Crippen LogP contribution in [0.3, 0.4) is 0 Å². The van der Waals surface area contributed by atoms with Gasteiger partial charge in [-0.1, -0.05) is 45.4 Å². The van der Waals surface area contributed by atoms with Gasteiger partial charge in [-0.15, -0.1) is 0 Å². The zero-order chi connectivity index (χ0) is 18.2. The molecule has 25 heavy (non-hydrogen) atoms. The van der Waals surface area contributed by atoms with E-state index >= 15 is 0 Å². The first-order valence-corrected chi connectivity index (χ1v) is 10.6. The topological polar surface area (TPSA) is 42.9 Å². The van der Waals surface area contributed by atoms with Crippen molar-refractivity contribution < 1.29 is 0 Å². The van der Waals surface area contributed by atoms with Crippen molar-refractivity contribution in [1.29, 1.82) is 0 Å². The van der Waals surface area contributed by atoms with E-state index in [-0.39, 0.29) is 0 Å². The number of hydrogen-bond acceptors (Lipinski definition) is 3. The van der Waals surface area contributed by atoms with Crippen LogP contribution in [0.5, 0.6) is 0 Å². The number of guanidine groups is 1. The Morgan fingerprint density at radius 1 is 0.840 bits per heavy atom. The molecule has 5 nitrogen and oxygen atoms in total. The molecule has 0 aliphatic carbocycles. The Labute approximate surface area is 156 Å². The van der Waals surface area contributed by atoms with E-state index in [2.05, 4.69) is 39.4 Å². The zero-order valence-electron chi connectivity index (χ0n) is 17.2. The minimum Gasteiger partial charge on any atom is -0.356 e. The van der Waals surface area contributed by atoms with E-state index in [4.69, 9.17) is 0 Å². The molecule has 2 N–H and O–H groups in total. The highest BCUT2D eigenvalue weighted by atomic mass is 15.2. The first-order valence-electron chi connectivity index (χ1n) is 10.6. The minimum atomic E-state index is 0.960. The van der Waals surface area contributed by atoms with Gasteiger partial charge in [0.25, 0.3) is 0 Å². The van der Waals surface area contributed by atoms with Crippen LogP contribution in [0.4, 0.5) is 0 Å². The van der Waals surface area contributed by atoms with Crippen molar-refractivity contribution in [3.8, 4) is 0 Å². The Morgan fingerprint density at radius 2 is 1.52 bits per heavy atom. The normalized spacial score (nSPS) is 17.5. The number of aliphatic imine (C=N–C) groups is 1. The summed E-state index contributed by atoms with van der Waals surface area (Å²) in [6.45, 7) is 10.4. The highest BCUT2D eigenvalue weighted by Gasteiger charge is 2.11. The minimum absolute atomic E-state index is 0.960. The number of hydrogen-bond donors (Lipinski definition) is 2. The SMILES string of the molecule is CCCCCCCCCNC(=NC)NCCCN1CCCN(C)CC1. The molecule has 0 saturated carbocycles. The van der Waals surface area contributed by atoms with Crippen molar-refractivity contribution in [3.05, 3.63) is 0 Å². The van der Waals surface area contributed by atoms with Crippen LogP contribution in [-0.4, -0.2) is 75.7 Å². The van der Waals surface area contributed by atoms with Gasteiger partial charge in [0.15, 0.2) is 5.96 Å². The van der Waals surface area contributed by atoms with Crippen LogP contribution in [-0.2, 0) is 0 Å². The Bertz CT molecular complexity index is 332. The summed E-state index contributed by atoms with van der Waals surface area (Å²) in [6.07, 6.45) is 12.0. The fraction of sp³-hybridized carbons (Fsp3) is 0.950. The molecule has 1 heterocycles. The lowest BCUT2D eigenvalue weighted by Crippen LogP contribution is -2.39. The molecule has 1 fully saturated rings. The van der Waals surface area contributed by atoms with Crippen LogP contribution >= 0.6 is 0 Å². The van der Waals surface area contributed by atoms with Crippen LogP contribution in [0.1, 0.15) is 64.7 Å². The lowest BCUT2D eigenvalue weighted by atomic mass is 10.1. The van der Waals surface area contributed by atoms with Crippen molar-refractivity contribution in [2.45, 2.75) is 64.7 Å². The van der Waals surface area contributed by atoms with Gasteiger partial charge in [-0.2, -0.15) is 0 Å². The molecule has 0 radical (unpaired) electrons. The Kier molecular flexibility index (Phi) is 13.7. The van der Waals surface area contributed by atoms with Crippen molar-refractivity contribution in [3.63, 3.8) is 0 Å². The summed E-state index contributed by atoms with van der Waals surface area (Å²) in [6, 6.07) is 0. The fourth-order valence-electron chi connectivity index (χ4n) is 3.34. The molecule has 1 saturated heterocycles. The number of nitrogens with zero attached hydrogens (tertiary/aromatic N) is 3. The summed E-state index contributed by atoms with van der Waals surface area (Å²) < 4.78 is 0. The molecule has 0 atom stereocenters. The summed E-state index contributed by atoms with van der Waals surface area (Å²) in [4.78, 5) is 9.37. The predicted molar refractivity (Wildman–Crippen MR) is 111 cm³/mol. The van der Waals surface area contributed by atoms with E-state index in [1.165, 1.54) is 90.5 Å². The Balaban J connectivity index is 1.97. The summed E-state index contributed by atoms with van der Waals surface area (Å²) in [5, 5.41) is 6.90. The molecule has 1 aliphatic heterocycles. The molecule has 148 valence electrons. The smallest absolute Gasteiger partial charge is 0.190 e. The lowest BCUT2D eigenvalue weighted by Gasteiger charge is -2.20. The molecule has 0 unspecified atom stereocenters. The van der Waals surface area contributed by atoms with E-state index in [0.29, 0.717) is 0 Å². The van der Waals surface area contributed by atoms with Gasteiger partial charge in [0, 0.05) is 33.2 Å². The third-order valence-electron chi connectivity index (χ3n) is 5.05. The first-order chi connectivity index (χ1) is 12.3. The van der Waals surface area contributed by atoms with E-state index in [1.54, 1.807) is 0 Å². The average molecular weight is 354 g/mol. The summed E-state index contributed by atoms with van der Waals surface area (Å²) in [7, 11) is 4.09. The maximum absolute atomic E-state index is 4.33. The van der Waals surface area contributed by atoms with Crippen molar-refractivity contribution in [2.24, 2.45) is 4.99 Å². The van der Waals surface area contributed by atoms with Crippen molar-refractivity contribution in [2.75, 3.05) is 59.9 Å². The first kappa shape index (κ1) is 22.2. The van der Waals surface area contributed by atoms with Gasteiger partial charge in [-0.25, -0.2) is 0 Å². The lowest BCUT2D eigenvalue weighted by molar-refractivity contribution is 0.274. The molecule has 0 amide bonds. The van der Waals surface area contributed by atoms with Gasteiger partial charge >= 0.3 is 0 Å². The quantitative estimate of drug-likeness (QED) is 0.322. The van der Waals surface area contributed by atoms with E-state index in [1.807, 2.05) is 7.05 Å². The van der Waals surface area contributed by atoms with E-state index < -0.39 is 0 Å². The second-order valence-corrected chi connectivity index (χ2v) is 7.40. The molecule has 1 rings (SSSR count).